The molecule has 0 spiro atoms. The van der Waals surface area contributed by atoms with Crippen molar-refractivity contribution in [3.8, 4) is 0 Å². The summed E-state index contributed by atoms with van der Waals surface area (Å²) in [5.74, 6) is 0.817. The minimum Gasteiger partial charge on any atom is -0.396 e. The number of hydrogen-bond acceptors (Lipinski definition) is 4. The van der Waals surface area contributed by atoms with E-state index in [9.17, 15) is 0 Å². The first-order chi connectivity index (χ1) is 11.1. The van der Waals surface area contributed by atoms with Crippen LogP contribution in [0.2, 0.25) is 19.5 Å². The third-order valence-electron chi connectivity index (χ3n) is 4.62. The van der Waals surface area contributed by atoms with Crippen LogP contribution in [-0.4, -0.2) is 63.3 Å². The van der Waals surface area contributed by atoms with Crippen LogP contribution in [-0.2, 0) is 9.47 Å². The van der Waals surface area contributed by atoms with Crippen LogP contribution in [0.5, 0.6) is 0 Å². The summed E-state index contributed by atoms with van der Waals surface area (Å²) in [5, 5.41) is 17.5. The first-order valence-corrected chi connectivity index (χ1v) is 8.47. The molecule has 2 radical (unpaired) electrons. The second kappa shape index (κ2) is 11.1. The number of hydrogen-bond donors (Lipinski definition) is 2. The van der Waals surface area contributed by atoms with Crippen molar-refractivity contribution in [2.45, 2.75) is 56.9 Å². The van der Waals surface area contributed by atoms with Gasteiger partial charge in [-0.1, -0.05) is 38.0 Å². The third-order valence-corrected chi connectivity index (χ3v) is 4.62. The van der Waals surface area contributed by atoms with Gasteiger partial charge in [0.1, 0.15) is 7.28 Å². The number of aliphatic hydroxyl groups excluding tert-OH is 2. The van der Waals surface area contributed by atoms with Crippen LogP contribution < -0.4 is 0 Å². The number of rotatable bonds is 7. The molecule has 0 bridgehead atoms. The quantitative estimate of drug-likeness (QED) is 0.556. The monoisotopic (exact) mass is 320 g/mol. The zero-order valence-corrected chi connectivity index (χ0v) is 14.6. The summed E-state index contributed by atoms with van der Waals surface area (Å²) in [6.07, 6.45) is 6.91. The topological polar surface area (TPSA) is 58.9 Å². The molecule has 23 heavy (non-hydrogen) atoms. The van der Waals surface area contributed by atoms with Gasteiger partial charge in [0.05, 0.1) is 12.2 Å². The van der Waals surface area contributed by atoms with Gasteiger partial charge in [0.25, 0.3) is 0 Å². The van der Waals surface area contributed by atoms with Crippen LogP contribution in [0.4, 0.5) is 0 Å². The number of methoxy groups -OCH3 is 1. The molecule has 1 saturated carbocycles. The SMILES string of the molecule is C=C1[C@@H]([B]C)C[C@@H](OC)[C@H]1CCO.C[B][C@H]1C=C[C@@H](CCO)O1. The Morgan fingerprint density at radius 3 is 2.39 bits per heavy atom. The van der Waals surface area contributed by atoms with Gasteiger partial charge in [-0.05, 0) is 18.7 Å². The second-order valence-corrected chi connectivity index (χ2v) is 6.01. The van der Waals surface area contributed by atoms with Crippen molar-refractivity contribution >= 4 is 14.6 Å². The molecular formula is C17H30B2O4. The molecule has 128 valence electrons. The Bertz CT molecular complexity index is 376. The molecule has 1 fully saturated rings. The molecular weight excluding hydrogens is 290 g/mol. The van der Waals surface area contributed by atoms with E-state index in [2.05, 4.69) is 20.7 Å². The highest BCUT2D eigenvalue weighted by molar-refractivity contribution is 6.37. The summed E-state index contributed by atoms with van der Waals surface area (Å²) in [5.41, 5.74) is 1.23. The highest BCUT2D eigenvalue weighted by Crippen LogP contribution is 2.42. The summed E-state index contributed by atoms with van der Waals surface area (Å²) in [6.45, 7) is 8.53. The van der Waals surface area contributed by atoms with Gasteiger partial charge in [0, 0.05) is 38.7 Å². The molecule has 2 rings (SSSR count). The first-order valence-electron chi connectivity index (χ1n) is 8.47. The summed E-state index contributed by atoms with van der Waals surface area (Å²) in [4.78, 5) is 0. The van der Waals surface area contributed by atoms with Gasteiger partial charge in [0.2, 0.25) is 0 Å². The maximum absolute atomic E-state index is 8.91. The second-order valence-electron chi connectivity index (χ2n) is 6.01. The van der Waals surface area contributed by atoms with E-state index in [0.29, 0.717) is 18.2 Å². The molecule has 0 aromatic carbocycles. The van der Waals surface area contributed by atoms with Crippen LogP contribution in [0.15, 0.2) is 24.3 Å². The van der Waals surface area contributed by atoms with E-state index in [1.807, 2.05) is 26.3 Å². The standard InChI is InChI=1S/C10H18BO2.C7H12BO2/c1-7-8(4-5-12)10(13-3)6-9(7)11-2;1-8-7-3-2-6(10-7)4-5-9/h8-10,12H,1,4-6H2,2-3H3;2-3,6-7,9H,4-5H2,1H3/t8-,9-,10+;6-,7+/m00/s1. The van der Waals surface area contributed by atoms with E-state index in [-0.39, 0.29) is 31.4 Å². The van der Waals surface area contributed by atoms with Crippen LogP contribution in [0.3, 0.4) is 0 Å². The Balaban J connectivity index is 0.000000238. The van der Waals surface area contributed by atoms with Crippen molar-refractivity contribution < 1.29 is 19.7 Å². The predicted octanol–water partition coefficient (Wildman–Crippen LogP) is 1.90. The molecule has 2 aliphatic rings. The van der Waals surface area contributed by atoms with Crippen LogP contribution in [0.25, 0.3) is 0 Å². The molecule has 0 aromatic rings. The number of ether oxygens (including phenoxy) is 2. The maximum Gasteiger partial charge on any atom is 0.151 e. The fourth-order valence-corrected chi connectivity index (χ4v) is 3.21. The lowest BCUT2D eigenvalue weighted by molar-refractivity contribution is 0.0682. The number of aliphatic hydroxyl groups is 2. The van der Waals surface area contributed by atoms with Crippen molar-refractivity contribution in [1.29, 1.82) is 0 Å². The summed E-state index contributed by atoms with van der Waals surface area (Å²) in [6, 6.07) is 0.163. The molecule has 5 atom stereocenters. The molecule has 2 N–H and O–H groups in total. The maximum atomic E-state index is 8.91. The molecule has 0 unspecified atom stereocenters. The van der Waals surface area contributed by atoms with Crippen LogP contribution >= 0.6 is 0 Å². The van der Waals surface area contributed by atoms with E-state index in [1.54, 1.807) is 7.11 Å². The van der Waals surface area contributed by atoms with Gasteiger partial charge in [-0.15, -0.1) is 0 Å². The van der Waals surface area contributed by atoms with Crippen molar-refractivity contribution in [3.63, 3.8) is 0 Å². The average molecular weight is 320 g/mol. The highest BCUT2D eigenvalue weighted by atomic mass is 16.5. The largest absolute Gasteiger partial charge is 0.396 e. The summed E-state index contributed by atoms with van der Waals surface area (Å²) in [7, 11) is 5.90. The Morgan fingerprint density at radius 1 is 1.22 bits per heavy atom. The highest BCUT2D eigenvalue weighted by Gasteiger charge is 2.36. The van der Waals surface area contributed by atoms with Crippen molar-refractivity contribution in [1.82, 2.24) is 0 Å². The predicted molar refractivity (Wildman–Crippen MR) is 96.2 cm³/mol. The Kier molecular flexibility index (Phi) is 9.88. The third kappa shape index (κ3) is 6.11. The van der Waals surface area contributed by atoms with E-state index < -0.39 is 0 Å². The Hall–Kier alpha value is -0.550. The molecule has 1 aliphatic carbocycles. The fraction of sp³-hybridized carbons (Fsp3) is 0.765. The van der Waals surface area contributed by atoms with Gasteiger partial charge in [-0.2, -0.15) is 0 Å². The lowest BCUT2D eigenvalue weighted by Crippen LogP contribution is -2.18. The lowest BCUT2D eigenvalue weighted by Gasteiger charge is -2.17. The molecule has 0 saturated heterocycles. The summed E-state index contributed by atoms with van der Waals surface area (Å²) < 4.78 is 10.8. The van der Waals surface area contributed by atoms with Gasteiger partial charge in [0.15, 0.2) is 7.28 Å². The Labute approximate surface area is 142 Å². The van der Waals surface area contributed by atoms with Crippen molar-refractivity contribution in [3.05, 3.63) is 24.3 Å². The normalized spacial score (nSPS) is 32.6. The average Bonchev–Trinajstić information content (AvgIpc) is 3.14. The first kappa shape index (κ1) is 20.5. The van der Waals surface area contributed by atoms with Crippen LogP contribution in [0.1, 0.15) is 19.3 Å². The van der Waals surface area contributed by atoms with Gasteiger partial charge < -0.3 is 19.7 Å². The molecule has 0 aromatic heterocycles. The molecule has 4 nitrogen and oxygen atoms in total. The minimum absolute atomic E-state index is 0.131. The smallest absolute Gasteiger partial charge is 0.151 e. The summed E-state index contributed by atoms with van der Waals surface area (Å²) >= 11 is 0. The van der Waals surface area contributed by atoms with Crippen molar-refractivity contribution in [2.24, 2.45) is 5.92 Å². The molecule has 6 heteroatoms. The van der Waals surface area contributed by atoms with Crippen molar-refractivity contribution in [2.75, 3.05) is 20.3 Å². The van der Waals surface area contributed by atoms with E-state index in [0.717, 1.165) is 12.8 Å². The zero-order chi connectivity index (χ0) is 17.2. The van der Waals surface area contributed by atoms with Gasteiger partial charge >= 0.3 is 0 Å². The Morgan fingerprint density at radius 2 is 1.91 bits per heavy atom. The fourth-order valence-electron chi connectivity index (χ4n) is 3.21. The zero-order valence-electron chi connectivity index (χ0n) is 14.6. The molecule has 0 amide bonds. The molecule has 1 aliphatic heterocycles. The van der Waals surface area contributed by atoms with Crippen LogP contribution in [0, 0.1) is 5.92 Å². The van der Waals surface area contributed by atoms with Gasteiger partial charge in [-0.3, -0.25) is 0 Å². The van der Waals surface area contributed by atoms with Gasteiger partial charge in [-0.25, -0.2) is 0 Å². The minimum atomic E-state index is 0.131. The van der Waals surface area contributed by atoms with E-state index in [4.69, 9.17) is 19.7 Å². The van der Waals surface area contributed by atoms with E-state index >= 15 is 0 Å². The van der Waals surface area contributed by atoms with E-state index in [1.165, 1.54) is 5.57 Å². The lowest BCUT2D eigenvalue weighted by atomic mass is 9.64. The molecule has 1 heterocycles.